The highest BCUT2D eigenvalue weighted by Gasteiger charge is 2.48. The summed E-state index contributed by atoms with van der Waals surface area (Å²) >= 11 is 8.51. The van der Waals surface area contributed by atoms with E-state index in [0.29, 0.717) is 41.9 Å². The lowest BCUT2D eigenvalue weighted by molar-refractivity contribution is -0.135. The van der Waals surface area contributed by atoms with E-state index in [-0.39, 0.29) is 29.2 Å². The van der Waals surface area contributed by atoms with Gasteiger partial charge in [0.05, 0.1) is 22.2 Å². The molecule has 2 saturated heterocycles. The second-order valence-corrected chi connectivity index (χ2v) is 14.5. The summed E-state index contributed by atoms with van der Waals surface area (Å²) in [4.78, 5) is 31.9. The molecule has 4 heterocycles. The number of nitrogens with one attached hydrogen (secondary N) is 2. The summed E-state index contributed by atoms with van der Waals surface area (Å²) in [6.45, 7) is 5.23. The van der Waals surface area contributed by atoms with Gasteiger partial charge >= 0.3 is 0 Å². The predicted molar refractivity (Wildman–Crippen MR) is 183 cm³/mol. The zero-order valence-corrected chi connectivity index (χ0v) is 27.9. The fourth-order valence-electron chi connectivity index (χ4n) is 7.62. The third-order valence-electron chi connectivity index (χ3n) is 10.3. The Kier molecular flexibility index (Phi) is 9.33. The number of amides is 2. The van der Waals surface area contributed by atoms with Crippen LogP contribution in [0.4, 0.5) is 0 Å². The summed E-state index contributed by atoms with van der Waals surface area (Å²) in [5.74, 6) is 0.0301. The Labute approximate surface area is 283 Å². The van der Waals surface area contributed by atoms with Gasteiger partial charge in [-0.3, -0.25) is 9.59 Å². The van der Waals surface area contributed by atoms with Crippen molar-refractivity contribution in [1.82, 2.24) is 25.1 Å². The quantitative estimate of drug-likeness (QED) is 0.220. The SMILES string of the molecule is N#Cc1cccc(-c2cn(C3CCOCC3)c3c(Cl)c(CNC(=O)C4CC5(CCN(CCNC(=O)c6nccs6)CC5)C4)ccc23)c1. The Morgan fingerprint density at radius 1 is 1.13 bits per heavy atom. The molecule has 244 valence electrons. The van der Waals surface area contributed by atoms with Gasteiger partial charge in [0.15, 0.2) is 5.01 Å². The Hall–Kier alpha value is -3.75. The van der Waals surface area contributed by atoms with Crippen LogP contribution < -0.4 is 10.6 Å². The molecule has 3 aliphatic rings. The third kappa shape index (κ3) is 6.68. The van der Waals surface area contributed by atoms with E-state index in [9.17, 15) is 14.9 Å². The van der Waals surface area contributed by atoms with Gasteiger partial charge in [-0.15, -0.1) is 11.3 Å². The number of aromatic nitrogens is 2. The Balaban J connectivity index is 0.963. The zero-order valence-electron chi connectivity index (χ0n) is 26.3. The van der Waals surface area contributed by atoms with Crippen LogP contribution in [0.15, 0.2) is 54.2 Å². The molecule has 7 rings (SSSR count). The minimum Gasteiger partial charge on any atom is -0.381 e. The number of hydrogen-bond donors (Lipinski definition) is 2. The van der Waals surface area contributed by atoms with E-state index in [2.05, 4.69) is 43.4 Å². The standard InChI is InChI=1S/C36H39ClN6O3S/c37-31-26(4-5-29-30(25-3-1-2-24(18-25)21-38)23-43(32(29)31)28-6-15-46-16-7-28)22-41-33(44)27-19-36(20-27)8-12-42(13-9-36)14-10-39-34(45)35-40-11-17-47-35/h1-5,11,17-18,23,27-28H,6-10,12-16,19-20,22H2,(H,39,45)(H,41,44). The van der Waals surface area contributed by atoms with Crippen LogP contribution >= 0.6 is 22.9 Å². The van der Waals surface area contributed by atoms with Crippen molar-refractivity contribution in [1.29, 1.82) is 5.26 Å². The molecule has 0 bridgehead atoms. The van der Waals surface area contributed by atoms with Crippen molar-refractivity contribution in [3.63, 3.8) is 0 Å². The first-order chi connectivity index (χ1) is 22.9. The maximum Gasteiger partial charge on any atom is 0.280 e. The highest BCUT2D eigenvalue weighted by molar-refractivity contribution is 7.11. The van der Waals surface area contributed by atoms with Crippen LogP contribution in [0, 0.1) is 22.7 Å². The Morgan fingerprint density at radius 3 is 2.68 bits per heavy atom. The molecule has 0 radical (unpaired) electrons. The van der Waals surface area contributed by atoms with Crippen molar-refractivity contribution in [2.45, 2.75) is 51.1 Å². The molecule has 3 fully saturated rings. The van der Waals surface area contributed by atoms with Crippen LogP contribution in [0.5, 0.6) is 0 Å². The highest BCUT2D eigenvalue weighted by Crippen LogP contribution is 2.52. The van der Waals surface area contributed by atoms with E-state index in [0.717, 1.165) is 85.8 Å². The summed E-state index contributed by atoms with van der Waals surface area (Å²) in [6.07, 6.45) is 9.66. The van der Waals surface area contributed by atoms with Gasteiger partial charge in [0, 0.05) is 73.5 Å². The number of carbonyl (C=O) groups is 2. The molecule has 11 heteroatoms. The number of fused-ring (bicyclic) bond motifs is 1. The molecule has 2 aliphatic heterocycles. The van der Waals surface area contributed by atoms with E-state index >= 15 is 0 Å². The largest absolute Gasteiger partial charge is 0.381 e. The topological polar surface area (TPSA) is 112 Å². The Morgan fingerprint density at radius 2 is 1.94 bits per heavy atom. The smallest absolute Gasteiger partial charge is 0.280 e. The van der Waals surface area contributed by atoms with Crippen molar-refractivity contribution in [3.8, 4) is 17.2 Å². The maximum absolute atomic E-state index is 13.3. The molecular formula is C36H39ClN6O3S. The van der Waals surface area contributed by atoms with Crippen LogP contribution in [0.2, 0.25) is 5.02 Å². The van der Waals surface area contributed by atoms with E-state index in [1.54, 1.807) is 6.20 Å². The number of rotatable bonds is 9. The number of nitrogens with zero attached hydrogens (tertiary/aromatic N) is 4. The molecule has 2 aromatic carbocycles. The van der Waals surface area contributed by atoms with Crippen molar-refractivity contribution in [2.75, 3.05) is 39.4 Å². The zero-order chi connectivity index (χ0) is 32.4. The number of carbonyl (C=O) groups excluding carboxylic acids is 2. The molecule has 9 nitrogen and oxygen atoms in total. The molecule has 1 aliphatic carbocycles. The van der Waals surface area contributed by atoms with Crippen LogP contribution in [0.1, 0.15) is 65.5 Å². The van der Waals surface area contributed by atoms with Crippen LogP contribution in [-0.4, -0.2) is 65.7 Å². The molecule has 4 aromatic rings. The minimum atomic E-state index is -0.108. The first-order valence-corrected chi connectivity index (χ1v) is 17.8. The molecule has 2 N–H and O–H groups in total. The van der Waals surface area contributed by atoms with Gasteiger partial charge in [0.25, 0.3) is 5.91 Å². The van der Waals surface area contributed by atoms with Gasteiger partial charge in [-0.1, -0.05) is 35.9 Å². The van der Waals surface area contributed by atoms with Crippen LogP contribution in [0.25, 0.3) is 22.0 Å². The highest BCUT2D eigenvalue weighted by atomic mass is 35.5. The monoisotopic (exact) mass is 670 g/mol. The fraction of sp³-hybridized carbons (Fsp3) is 0.444. The number of thiazole rings is 1. The molecule has 1 spiro atoms. The maximum atomic E-state index is 13.3. The molecule has 2 aromatic heterocycles. The van der Waals surface area contributed by atoms with Crippen LogP contribution in [0.3, 0.4) is 0 Å². The molecule has 47 heavy (non-hydrogen) atoms. The van der Waals surface area contributed by atoms with Gasteiger partial charge in [-0.05, 0) is 80.3 Å². The normalized spacial score (nSPS) is 18.6. The second-order valence-electron chi connectivity index (χ2n) is 13.2. The number of piperidine rings is 1. The number of benzene rings is 2. The first-order valence-electron chi connectivity index (χ1n) is 16.5. The number of hydrogen-bond acceptors (Lipinski definition) is 7. The van der Waals surface area contributed by atoms with Gasteiger partial charge in [-0.2, -0.15) is 5.26 Å². The van der Waals surface area contributed by atoms with Crippen molar-refractivity contribution in [3.05, 3.63) is 75.3 Å². The summed E-state index contributed by atoms with van der Waals surface area (Å²) in [5, 5.41) is 19.7. The third-order valence-corrected chi connectivity index (χ3v) is 11.5. The number of halogens is 1. The van der Waals surface area contributed by atoms with E-state index in [4.69, 9.17) is 16.3 Å². The molecule has 0 unspecified atom stereocenters. The van der Waals surface area contributed by atoms with Crippen molar-refractivity contribution in [2.24, 2.45) is 11.3 Å². The van der Waals surface area contributed by atoms with Crippen molar-refractivity contribution >= 4 is 45.7 Å². The molecule has 1 saturated carbocycles. The predicted octanol–water partition coefficient (Wildman–Crippen LogP) is 6.18. The average Bonchev–Trinajstić information content (AvgIpc) is 3.77. The Bertz CT molecular complexity index is 1790. The van der Waals surface area contributed by atoms with Crippen molar-refractivity contribution < 1.29 is 14.3 Å². The van der Waals surface area contributed by atoms with Gasteiger partial charge in [-0.25, -0.2) is 4.98 Å². The van der Waals surface area contributed by atoms with Gasteiger partial charge in [0.1, 0.15) is 0 Å². The number of likely N-dealkylation sites (tertiary alicyclic amines) is 1. The minimum absolute atomic E-state index is 0.0340. The van der Waals surface area contributed by atoms with Gasteiger partial charge < -0.3 is 24.8 Å². The summed E-state index contributed by atoms with van der Waals surface area (Å²) < 4.78 is 7.94. The first kappa shape index (κ1) is 31.8. The molecular weight excluding hydrogens is 632 g/mol. The summed E-state index contributed by atoms with van der Waals surface area (Å²) in [6, 6.07) is 14.3. The van der Waals surface area contributed by atoms with E-state index in [1.807, 2.05) is 35.7 Å². The van der Waals surface area contributed by atoms with E-state index in [1.165, 1.54) is 11.3 Å². The van der Waals surface area contributed by atoms with Gasteiger partial charge in [0.2, 0.25) is 5.91 Å². The lowest BCUT2D eigenvalue weighted by Gasteiger charge is -2.51. The molecule has 0 atom stereocenters. The lowest BCUT2D eigenvalue weighted by atomic mass is 9.57. The summed E-state index contributed by atoms with van der Waals surface area (Å²) in [7, 11) is 0. The average molecular weight is 671 g/mol. The van der Waals surface area contributed by atoms with Crippen LogP contribution in [-0.2, 0) is 16.1 Å². The fourth-order valence-corrected chi connectivity index (χ4v) is 8.50. The summed E-state index contributed by atoms with van der Waals surface area (Å²) in [5.41, 5.74) is 4.78. The lowest BCUT2D eigenvalue weighted by Crippen LogP contribution is -2.51. The number of ether oxygens (including phenoxy) is 1. The second kappa shape index (κ2) is 13.8. The molecule has 2 amide bonds. The van der Waals surface area contributed by atoms with E-state index < -0.39 is 0 Å². The number of nitriles is 1.